The molecule has 4 rings (SSSR count). The van der Waals surface area contributed by atoms with Gasteiger partial charge >= 0.3 is 0 Å². The number of benzene rings is 3. The number of methoxy groups -OCH3 is 1. The summed E-state index contributed by atoms with van der Waals surface area (Å²) in [7, 11) is 1.64. The second-order valence-electron chi connectivity index (χ2n) is 6.78. The van der Waals surface area contributed by atoms with Crippen molar-refractivity contribution in [2.45, 2.75) is 19.3 Å². The highest BCUT2D eigenvalue weighted by Gasteiger charge is 2.36. The summed E-state index contributed by atoms with van der Waals surface area (Å²) in [5, 5.41) is 3.49. The minimum absolute atomic E-state index is 0.0212. The highest BCUT2D eigenvalue weighted by atomic mass is 19.1. The van der Waals surface area contributed by atoms with Gasteiger partial charge in [-0.2, -0.15) is 0 Å². The Bertz CT molecular complexity index is 971. The van der Waals surface area contributed by atoms with Crippen molar-refractivity contribution < 1.29 is 13.9 Å². The van der Waals surface area contributed by atoms with Gasteiger partial charge in [0.1, 0.15) is 17.7 Å². The number of hydrogen-bond acceptors (Lipinski definition) is 3. The minimum atomic E-state index is -0.283. The van der Waals surface area contributed by atoms with Crippen molar-refractivity contribution in [1.82, 2.24) is 10.2 Å². The molecule has 1 amide bonds. The monoisotopic (exact) mass is 376 g/mol. The van der Waals surface area contributed by atoms with Gasteiger partial charge in [-0.3, -0.25) is 10.1 Å². The molecule has 0 fully saturated rings. The van der Waals surface area contributed by atoms with Crippen molar-refractivity contribution in [3.05, 3.63) is 101 Å². The maximum absolute atomic E-state index is 13.2. The van der Waals surface area contributed by atoms with Crippen LogP contribution in [0, 0.1) is 5.82 Å². The molecule has 1 N–H and O–H groups in total. The molecule has 0 bridgehead atoms. The molecule has 5 heteroatoms. The molecular formula is C23H21FN2O2. The number of carbonyl (C=O) groups is 1. The van der Waals surface area contributed by atoms with Gasteiger partial charge in [0, 0.05) is 24.2 Å². The van der Waals surface area contributed by atoms with E-state index in [-0.39, 0.29) is 17.9 Å². The number of nitrogens with zero attached hydrogens (tertiary/aromatic N) is 1. The summed E-state index contributed by atoms with van der Waals surface area (Å²) in [4.78, 5) is 14.8. The molecule has 0 aliphatic carbocycles. The average molecular weight is 376 g/mol. The Labute approximate surface area is 163 Å². The predicted molar refractivity (Wildman–Crippen MR) is 105 cm³/mol. The van der Waals surface area contributed by atoms with Gasteiger partial charge in [0.15, 0.2) is 0 Å². The molecule has 0 radical (unpaired) electrons. The van der Waals surface area contributed by atoms with Crippen LogP contribution < -0.4 is 10.1 Å². The molecule has 1 heterocycles. The SMILES string of the molecule is COc1ccc(CNC2c3ccccc3C(=O)N2Cc2ccc(F)cc2)cc1. The second-order valence-corrected chi connectivity index (χ2v) is 6.78. The third-order valence-electron chi connectivity index (χ3n) is 4.98. The second kappa shape index (κ2) is 7.82. The molecule has 0 aromatic heterocycles. The first-order valence-corrected chi connectivity index (χ1v) is 9.16. The number of rotatable bonds is 6. The van der Waals surface area contributed by atoms with Gasteiger partial charge in [0.25, 0.3) is 5.91 Å². The quantitative estimate of drug-likeness (QED) is 0.698. The lowest BCUT2D eigenvalue weighted by Crippen LogP contribution is -2.36. The minimum Gasteiger partial charge on any atom is -0.497 e. The maximum atomic E-state index is 13.2. The number of fused-ring (bicyclic) bond motifs is 1. The predicted octanol–water partition coefficient (Wildman–Crippen LogP) is 4.28. The molecule has 28 heavy (non-hydrogen) atoms. The van der Waals surface area contributed by atoms with E-state index in [9.17, 15) is 9.18 Å². The third kappa shape index (κ3) is 3.62. The summed E-state index contributed by atoms with van der Waals surface area (Å²) in [5.41, 5.74) is 3.65. The van der Waals surface area contributed by atoms with Gasteiger partial charge in [-0.25, -0.2) is 4.39 Å². The van der Waals surface area contributed by atoms with E-state index in [1.807, 2.05) is 48.5 Å². The molecule has 4 nitrogen and oxygen atoms in total. The summed E-state index contributed by atoms with van der Waals surface area (Å²) < 4.78 is 18.4. The number of hydrogen-bond donors (Lipinski definition) is 1. The van der Waals surface area contributed by atoms with Crippen LogP contribution in [0.3, 0.4) is 0 Å². The van der Waals surface area contributed by atoms with E-state index < -0.39 is 0 Å². The smallest absolute Gasteiger partial charge is 0.256 e. The fourth-order valence-corrected chi connectivity index (χ4v) is 3.50. The molecule has 0 spiro atoms. The molecule has 3 aromatic rings. The van der Waals surface area contributed by atoms with Crippen LogP contribution in [0.2, 0.25) is 0 Å². The van der Waals surface area contributed by atoms with Crippen molar-refractivity contribution in [3.8, 4) is 5.75 Å². The molecule has 1 aliphatic heterocycles. The summed E-state index contributed by atoms with van der Waals surface area (Å²) in [6, 6.07) is 21.7. The van der Waals surface area contributed by atoms with Gasteiger partial charge in [-0.05, 0) is 41.5 Å². The van der Waals surface area contributed by atoms with E-state index >= 15 is 0 Å². The largest absolute Gasteiger partial charge is 0.497 e. The first kappa shape index (κ1) is 18.2. The van der Waals surface area contributed by atoms with Crippen LogP contribution in [0.25, 0.3) is 0 Å². The highest BCUT2D eigenvalue weighted by molar-refractivity contribution is 5.99. The van der Waals surface area contributed by atoms with Crippen molar-refractivity contribution in [2.24, 2.45) is 0 Å². The van der Waals surface area contributed by atoms with Gasteiger partial charge in [-0.1, -0.05) is 42.5 Å². The number of halogens is 1. The number of amides is 1. The van der Waals surface area contributed by atoms with Crippen LogP contribution in [0.1, 0.15) is 33.2 Å². The van der Waals surface area contributed by atoms with E-state index in [0.717, 1.165) is 22.4 Å². The van der Waals surface area contributed by atoms with Crippen LogP contribution in [0.5, 0.6) is 5.75 Å². The summed E-state index contributed by atoms with van der Waals surface area (Å²) >= 11 is 0. The molecule has 1 aliphatic rings. The topological polar surface area (TPSA) is 41.6 Å². The molecule has 1 atom stereocenters. The van der Waals surface area contributed by atoms with Gasteiger partial charge in [0.2, 0.25) is 0 Å². The van der Waals surface area contributed by atoms with E-state index in [4.69, 9.17) is 4.74 Å². The fraction of sp³-hybridized carbons (Fsp3) is 0.174. The Morgan fingerprint density at radius 1 is 0.964 bits per heavy atom. The Morgan fingerprint density at radius 2 is 1.64 bits per heavy atom. The summed E-state index contributed by atoms with van der Waals surface area (Å²) in [6.45, 7) is 1.02. The highest BCUT2D eigenvalue weighted by Crippen LogP contribution is 2.33. The van der Waals surface area contributed by atoms with Crippen molar-refractivity contribution in [1.29, 1.82) is 0 Å². The summed E-state index contributed by atoms with van der Waals surface area (Å²) in [6.07, 6.45) is -0.240. The lowest BCUT2D eigenvalue weighted by Gasteiger charge is -2.26. The zero-order chi connectivity index (χ0) is 19.5. The van der Waals surface area contributed by atoms with E-state index in [1.54, 1.807) is 24.1 Å². The van der Waals surface area contributed by atoms with Crippen molar-refractivity contribution in [3.63, 3.8) is 0 Å². The lowest BCUT2D eigenvalue weighted by atomic mass is 10.1. The van der Waals surface area contributed by atoms with Crippen LogP contribution in [-0.2, 0) is 13.1 Å². The number of nitrogens with one attached hydrogen (secondary N) is 1. The maximum Gasteiger partial charge on any atom is 0.256 e. The zero-order valence-corrected chi connectivity index (χ0v) is 15.6. The normalized spacial score (nSPS) is 15.6. The molecule has 1 unspecified atom stereocenters. The molecule has 142 valence electrons. The van der Waals surface area contributed by atoms with Crippen LogP contribution in [0.15, 0.2) is 72.8 Å². The third-order valence-corrected chi connectivity index (χ3v) is 4.98. The van der Waals surface area contributed by atoms with Crippen LogP contribution in [-0.4, -0.2) is 17.9 Å². The molecule has 3 aromatic carbocycles. The summed E-state index contributed by atoms with van der Waals surface area (Å²) in [5.74, 6) is 0.504. The Balaban J connectivity index is 1.56. The Hall–Kier alpha value is -3.18. The van der Waals surface area contributed by atoms with Crippen molar-refractivity contribution >= 4 is 5.91 Å². The Morgan fingerprint density at radius 3 is 2.36 bits per heavy atom. The average Bonchev–Trinajstić information content (AvgIpc) is 3.00. The van der Waals surface area contributed by atoms with Gasteiger partial charge < -0.3 is 9.64 Å². The van der Waals surface area contributed by atoms with Crippen LogP contribution in [0.4, 0.5) is 4.39 Å². The zero-order valence-electron chi connectivity index (χ0n) is 15.6. The van der Waals surface area contributed by atoms with E-state index in [1.165, 1.54) is 12.1 Å². The number of ether oxygens (including phenoxy) is 1. The fourth-order valence-electron chi connectivity index (χ4n) is 3.50. The first-order valence-electron chi connectivity index (χ1n) is 9.16. The van der Waals surface area contributed by atoms with E-state index in [2.05, 4.69) is 5.32 Å². The lowest BCUT2D eigenvalue weighted by molar-refractivity contribution is 0.0675. The number of carbonyl (C=O) groups excluding carboxylic acids is 1. The van der Waals surface area contributed by atoms with Crippen LogP contribution >= 0.6 is 0 Å². The standard InChI is InChI=1S/C23H21FN2O2/c1-28-19-12-8-16(9-13-19)14-25-22-20-4-2-3-5-21(20)23(27)26(22)15-17-6-10-18(24)11-7-17/h2-13,22,25H,14-15H2,1H3. The first-order chi connectivity index (χ1) is 13.7. The molecule has 0 saturated carbocycles. The molecule has 0 saturated heterocycles. The van der Waals surface area contributed by atoms with Gasteiger partial charge in [0.05, 0.1) is 7.11 Å². The van der Waals surface area contributed by atoms with Crippen molar-refractivity contribution in [2.75, 3.05) is 7.11 Å². The van der Waals surface area contributed by atoms with Gasteiger partial charge in [-0.15, -0.1) is 0 Å². The van der Waals surface area contributed by atoms with E-state index in [0.29, 0.717) is 18.7 Å². The Kier molecular flexibility index (Phi) is 5.08. The molecular weight excluding hydrogens is 355 g/mol.